The van der Waals surface area contributed by atoms with Gasteiger partial charge in [0.05, 0.1) is 7.11 Å². The van der Waals surface area contributed by atoms with Gasteiger partial charge in [-0.1, -0.05) is 17.7 Å². The van der Waals surface area contributed by atoms with E-state index in [4.69, 9.17) is 9.47 Å². The third kappa shape index (κ3) is 6.07. The van der Waals surface area contributed by atoms with Crippen LogP contribution in [-0.2, 0) is 14.3 Å². The van der Waals surface area contributed by atoms with Gasteiger partial charge in [-0.05, 0) is 63.1 Å². The zero-order valence-electron chi connectivity index (χ0n) is 17.3. The number of ether oxygens (including phenoxy) is 2. The van der Waals surface area contributed by atoms with Crippen LogP contribution < -0.4 is 15.4 Å². The van der Waals surface area contributed by atoms with E-state index in [1.165, 1.54) is 14.0 Å². The second-order valence-electron chi connectivity index (χ2n) is 6.81. The number of aryl methyl sites for hydroxylation is 3. The van der Waals surface area contributed by atoms with Crippen LogP contribution in [0.3, 0.4) is 0 Å². The summed E-state index contributed by atoms with van der Waals surface area (Å²) in [4.78, 5) is 36.4. The molecule has 0 fully saturated rings. The second-order valence-corrected chi connectivity index (χ2v) is 6.81. The lowest BCUT2D eigenvalue weighted by molar-refractivity contribution is -0.152. The number of amides is 2. The Bertz CT molecular complexity index is 883. The van der Waals surface area contributed by atoms with E-state index in [1.807, 2.05) is 32.9 Å². The average Bonchev–Trinajstić information content (AvgIpc) is 2.68. The zero-order chi connectivity index (χ0) is 21.6. The minimum atomic E-state index is -1.000. The van der Waals surface area contributed by atoms with Crippen molar-refractivity contribution in [2.75, 3.05) is 19.0 Å². The van der Waals surface area contributed by atoms with E-state index in [1.54, 1.807) is 24.3 Å². The quantitative estimate of drug-likeness (QED) is 0.700. The molecule has 0 aliphatic heterocycles. The Morgan fingerprint density at radius 1 is 1.00 bits per heavy atom. The van der Waals surface area contributed by atoms with Gasteiger partial charge in [-0.2, -0.15) is 0 Å². The van der Waals surface area contributed by atoms with Gasteiger partial charge < -0.3 is 20.1 Å². The number of rotatable bonds is 7. The molecule has 2 N–H and O–H groups in total. The lowest BCUT2D eigenvalue weighted by atomic mass is 10.0. The lowest BCUT2D eigenvalue weighted by Crippen LogP contribution is -2.36. The molecule has 0 heterocycles. The molecule has 2 amide bonds. The van der Waals surface area contributed by atoms with Gasteiger partial charge in [-0.25, -0.2) is 0 Å². The smallest absolute Gasteiger partial charge is 0.326 e. The Morgan fingerprint density at radius 2 is 1.59 bits per heavy atom. The van der Waals surface area contributed by atoms with Crippen molar-refractivity contribution in [3.8, 4) is 5.75 Å². The molecule has 0 bridgehead atoms. The number of carbonyl (C=O) groups excluding carboxylic acids is 3. The molecule has 0 saturated carbocycles. The molecule has 0 unspecified atom stereocenters. The predicted octanol–water partition coefficient (Wildman–Crippen LogP) is 2.92. The molecular weight excluding hydrogens is 372 g/mol. The van der Waals surface area contributed by atoms with Gasteiger partial charge in [0.1, 0.15) is 12.3 Å². The molecule has 0 saturated heterocycles. The Labute approximate surface area is 170 Å². The van der Waals surface area contributed by atoms with E-state index < -0.39 is 23.9 Å². The molecule has 154 valence electrons. The molecule has 0 aliphatic rings. The van der Waals surface area contributed by atoms with Gasteiger partial charge >= 0.3 is 5.97 Å². The number of methoxy groups -OCH3 is 1. The molecule has 0 aromatic heterocycles. The molecule has 0 spiro atoms. The topological polar surface area (TPSA) is 93.7 Å². The van der Waals surface area contributed by atoms with Gasteiger partial charge in [-0.3, -0.25) is 14.4 Å². The largest absolute Gasteiger partial charge is 0.497 e. The minimum Gasteiger partial charge on any atom is -0.497 e. The van der Waals surface area contributed by atoms with Crippen molar-refractivity contribution in [3.63, 3.8) is 0 Å². The van der Waals surface area contributed by atoms with Crippen LogP contribution in [0.4, 0.5) is 5.69 Å². The van der Waals surface area contributed by atoms with Crippen LogP contribution in [-0.4, -0.2) is 37.5 Å². The SMILES string of the molecule is COc1ccc(C(=O)NCC(=O)O[C@H](C)C(=O)Nc2c(C)cc(C)cc2C)cc1. The number of anilines is 1. The standard InChI is InChI=1S/C22H26N2O5/c1-13-10-14(2)20(15(3)11-13)24-21(26)16(4)29-19(25)12-23-22(27)17-6-8-18(28-5)9-7-17/h6-11,16H,12H2,1-5H3,(H,23,27)(H,24,26)/t16-/m1/s1. The second kappa shape index (κ2) is 9.73. The molecule has 1 atom stereocenters. The van der Waals surface area contributed by atoms with Crippen LogP contribution in [0.15, 0.2) is 36.4 Å². The summed E-state index contributed by atoms with van der Waals surface area (Å²) < 4.78 is 10.2. The number of nitrogens with one attached hydrogen (secondary N) is 2. The lowest BCUT2D eigenvalue weighted by Gasteiger charge is -2.17. The third-order valence-electron chi connectivity index (χ3n) is 4.35. The first kappa shape index (κ1) is 21.9. The Balaban J connectivity index is 1.86. The normalized spacial score (nSPS) is 11.3. The van der Waals surface area contributed by atoms with Gasteiger partial charge in [0, 0.05) is 11.3 Å². The van der Waals surface area contributed by atoms with Crippen molar-refractivity contribution < 1.29 is 23.9 Å². The fourth-order valence-electron chi connectivity index (χ4n) is 2.89. The fourth-order valence-corrected chi connectivity index (χ4v) is 2.89. The summed E-state index contributed by atoms with van der Waals surface area (Å²) in [5.41, 5.74) is 4.05. The van der Waals surface area contributed by atoms with E-state index in [2.05, 4.69) is 10.6 Å². The molecule has 7 nitrogen and oxygen atoms in total. The van der Waals surface area contributed by atoms with Crippen molar-refractivity contribution in [2.45, 2.75) is 33.8 Å². The molecule has 2 rings (SSSR count). The van der Waals surface area contributed by atoms with Crippen molar-refractivity contribution in [2.24, 2.45) is 0 Å². The maximum absolute atomic E-state index is 12.4. The number of hydrogen-bond acceptors (Lipinski definition) is 5. The summed E-state index contributed by atoms with van der Waals surface area (Å²) in [6.07, 6.45) is -1.000. The monoisotopic (exact) mass is 398 g/mol. The van der Waals surface area contributed by atoms with Gasteiger partial charge in [-0.15, -0.1) is 0 Å². The molecule has 2 aromatic carbocycles. The molecule has 29 heavy (non-hydrogen) atoms. The molecule has 0 radical (unpaired) electrons. The average molecular weight is 398 g/mol. The maximum atomic E-state index is 12.4. The molecular formula is C22H26N2O5. The summed E-state index contributed by atoms with van der Waals surface area (Å²) in [5.74, 6) is -0.936. The number of hydrogen-bond donors (Lipinski definition) is 2. The summed E-state index contributed by atoms with van der Waals surface area (Å²) in [5, 5.41) is 5.27. The summed E-state index contributed by atoms with van der Waals surface area (Å²) >= 11 is 0. The summed E-state index contributed by atoms with van der Waals surface area (Å²) in [7, 11) is 1.53. The minimum absolute atomic E-state index is 0.342. The number of benzene rings is 2. The van der Waals surface area contributed by atoms with Crippen LogP contribution in [0.5, 0.6) is 5.75 Å². The summed E-state index contributed by atoms with van der Waals surface area (Å²) in [6.45, 7) is 6.93. The number of carbonyl (C=O) groups is 3. The van der Waals surface area contributed by atoms with Crippen molar-refractivity contribution >= 4 is 23.5 Å². The zero-order valence-corrected chi connectivity index (χ0v) is 17.3. The molecule has 7 heteroatoms. The Morgan fingerprint density at radius 3 is 2.14 bits per heavy atom. The van der Waals surface area contributed by atoms with Gasteiger partial charge in [0.2, 0.25) is 0 Å². The molecule has 0 aliphatic carbocycles. The number of esters is 1. The highest BCUT2D eigenvalue weighted by atomic mass is 16.5. The van der Waals surface area contributed by atoms with Crippen LogP contribution in [0.2, 0.25) is 0 Å². The van der Waals surface area contributed by atoms with Crippen LogP contribution in [0, 0.1) is 20.8 Å². The van der Waals surface area contributed by atoms with E-state index in [0.29, 0.717) is 17.0 Å². The Hall–Kier alpha value is -3.35. The first-order chi connectivity index (χ1) is 13.7. The molecule has 2 aromatic rings. The van der Waals surface area contributed by atoms with Gasteiger partial charge in [0.15, 0.2) is 6.10 Å². The van der Waals surface area contributed by atoms with Crippen LogP contribution >= 0.6 is 0 Å². The first-order valence-electron chi connectivity index (χ1n) is 9.21. The maximum Gasteiger partial charge on any atom is 0.326 e. The van der Waals surface area contributed by atoms with Crippen molar-refractivity contribution in [1.29, 1.82) is 0 Å². The summed E-state index contributed by atoms with van der Waals surface area (Å²) in [6, 6.07) is 10.4. The van der Waals surface area contributed by atoms with E-state index >= 15 is 0 Å². The van der Waals surface area contributed by atoms with E-state index in [9.17, 15) is 14.4 Å². The van der Waals surface area contributed by atoms with Crippen LogP contribution in [0.25, 0.3) is 0 Å². The van der Waals surface area contributed by atoms with E-state index in [-0.39, 0.29) is 6.54 Å². The first-order valence-corrected chi connectivity index (χ1v) is 9.21. The van der Waals surface area contributed by atoms with Crippen molar-refractivity contribution in [1.82, 2.24) is 5.32 Å². The predicted molar refractivity (Wildman–Crippen MR) is 110 cm³/mol. The third-order valence-corrected chi connectivity index (χ3v) is 4.35. The highest BCUT2D eigenvalue weighted by Crippen LogP contribution is 2.22. The fraction of sp³-hybridized carbons (Fsp3) is 0.318. The van der Waals surface area contributed by atoms with Crippen molar-refractivity contribution in [3.05, 3.63) is 58.7 Å². The van der Waals surface area contributed by atoms with Gasteiger partial charge in [0.25, 0.3) is 11.8 Å². The Kier molecular flexibility index (Phi) is 7.36. The highest BCUT2D eigenvalue weighted by molar-refractivity contribution is 5.98. The van der Waals surface area contributed by atoms with Crippen LogP contribution in [0.1, 0.15) is 34.0 Å². The highest BCUT2D eigenvalue weighted by Gasteiger charge is 2.20. The van der Waals surface area contributed by atoms with E-state index in [0.717, 1.165) is 16.7 Å².